The Bertz CT molecular complexity index is 473. The average Bonchev–Trinajstić information content (AvgIpc) is 2.54. The first kappa shape index (κ1) is 15.1. The van der Waals surface area contributed by atoms with E-state index in [0.29, 0.717) is 5.92 Å². The summed E-state index contributed by atoms with van der Waals surface area (Å²) in [7, 11) is 0. The van der Waals surface area contributed by atoms with E-state index in [0.717, 1.165) is 37.7 Å². The van der Waals surface area contributed by atoms with Crippen molar-refractivity contribution in [1.29, 1.82) is 5.26 Å². The predicted octanol–water partition coefficient (Wildman–Crippen LogP) is 4.39. The summed E-state index contributed by atoms with van der Waals surface area (Å²) >= 11 is 0. The maximum atomic E-state index is 10.8. The number of benzene rings is 1. The summed E-state index contributed by atoms with van der Waals surface area (Å²) in [5, 5.41) is 20.4. The van der Waals surface area contributed by atoms with Crippen LogP contribution in [0, 0.1) is 22.7 Å². The maximum absolute atomic E-state index is 10.8. The number of aliphatic hydroxyl groups is 1. The van der Waals surface area contributed by atoms with E-state index in [2.05, 4.69) is 32.0 Å². The molecule has 0 amide bonds. The minimum absolute atomic E-state index is 0.577. The van der Waals surface area contributed by atoms with Crippen molar-refractivity contribution in [3.8, 4) is 6.07 Å². The molecule has 2 heteroatoms. The van der Waals surface area contributed by atoms with Crippen LogP contribution in [0.15, 0.2) is 24.3 Å². The number of nitriles is 1. The summed E-state index contributed by atoms with van der Waals surface area (Å²) < 4.78 is 0. The summed E-state index contributed by atoms with van der Waals surface area (Å²) in [6, 6.07) is 10.5. The van der Waals surface area contributed by atoms with E-state index in [-0.39, 0.29) is 0 Å². The molecule has 1 aromatic rings. The highest BCUT2D eigenvalue weighted by Crippen LogP contribution is 2.48. The van der Waals surface area contributed by atoms with Gasteiger partial charge in [0.25, 0.3) is 0 Å². The lowest BCUT2D eigenvalue weighted by Crippen LogP contribution is -2.33. The van der Waals surface area contributed by atoms with Gasteiger partial charge < -0.3 is 5.11 Å². The molecule has 0 bridgehead atoms. The second-order valence-electron chi connectivity index (χ2n) is 6.14. The smallest absolute Gasteiger partial charge is 0.0976 e. The quantitative estimate of drug-likeness (QED) is 0.882. The molecular weight excluding hydrogens is 246 g/mol. The van der Waals surface area contributed by atoms with Crippen molar-refractivity contribution in [3.63, 3.8) is 0 Å². The van der Waals surface area contributed by atoms with Crippen molar-refractivity contribution in [2.24, 2.45) is 11.3 Å². The van der Waals surface area contributed by atoms with Crippen LogP contribution < -0.4 is 0 Å². The fraction of sp³-hybridized carbons (Fsp3) is 0.611. The SMILES string of the molecule is CCc1ccc(C(O)C2(C#N)CCCC(CC)C2)cc1. The fourth-order valence-electron chi connectivity index (χ4n) is 3.44. The summed E-state index contributed by atoms with van der Waals surface area (Å²) in [5.74, 6) is 0.577. The summed E-state index contributed by atoms with van der Waals surface area (Å²) in [5.41, 5.74) is 1.56. The standard InChI is InChI=1S/C18H25NO/c1-3-14-7-9-16(10-8-14)17(20)18(13-19)11-5-6-15(4-2)12-18/h7-10,15,17,20H,3-6,11-12H2,1-2H3. The minimum Gasteiger partial charge on any atom is -0.387 e. The van der Waals surface area contributed by atoms with E-state index >= 15 is 0 Å². The number of hydrogen-bond acceptors (Lipinski definition) is 2. The lowest BCUT2D eigenvalue weighted by atomic mass is 9.65. The molecule has 1 aromatic carbocycles. The number of aryl methyl sites for hydroxylation is 1. The number of aliphatic hydroxyl groups excluding tert-OH is 1. The zero-order chi connectivity index (χ0) is 14.6. The molecule has 1 saturated carbocycles. The first-order valence-electron chi connectivity index (χ1n) is 7.83. The Kier molecular flexibility index (Phi) is 4.83. The van der Waals surface area contributed by atoms with Crippen LogP contribution in [0.25, 0.3) is 0 Å². The maximum Gasteiger partial charge on any atom is 0.0976 e. The molecule has 0 saturated heterocycles. The number of hydrogen-bond donors (Lipinski definition) is 1. The van der Waals surface area contributed by atoms with Gasteiger partial charge in [-0.15, -0.1) is 0 Å². The molecule has 2 rings (SSSR count). The van der Waals surface area contributed by atoms with E-state index in [1.807, 2.05) is 12.1 Å². The molecule has 20 heavy (non-hydrogen) atoms. The van der Waals surface area contributed by atoms with Gasteiger partial charge in [-0.2, -0.15) is 5.26 Å². The lowest BCUT2D eigenvalue weighted by Gasteiger charge is -2.39. The molecule has 1 N–H and O–H groups in total. The summed E-state index contributed by atoms with van der Waals surface area (Å²) in [4.78, 5) is 0. The summed E-state index contributed by atoms with van der Waals surface area (Å²) in [6.07, 6.45) is 5.33. The first-order chi connectivity index (χ1) is 9.65. The van der Waals surface area contributed by atoms with Crippen LogP contribution in [-0.4, -0.2) is 5.11 Å². The van der Waals surface area contributed by atoms with E-state index in [4.69, 9.17) is 0 Å². The summed E-state index contributed by atoms with van der Waals surface area (Å²) in [6.45, 7) is 4.30. The van der Waals surface area contributed by atoms with Crippen LogP contribution in [0.3, 0.4) is 0 Å². The zero-order valence-corrected chi connectivity index (χ0v) is 12.6. The third-order valence-corrected chi connectivity index (χ3v) is 4.92. The van der Waals surface area contributed by atoms with Crippen LogP contribution in [0.4, 0.5) is 0 Å². The Balaban J connectivity index is 2.23. The molecule has 3 atom stereocenters. The highest BCUT2D eigenvalue weighted by molar-refractivity contribution is 5.27. The normalized spacial score (nSPS) is 27.8. The molecule has 0 radical (unpaired) electrons. The lowest BCUT2D eigenvalue weighted by molar-refractivity contribution is 0.0185. The molecule has 0 aromatic heterocycles. The number of rotatable bonds is 4. The Hall–Kier alpha value is -1.33. The van der Waals surface area contributed by atoms with Crippen molar-refractivity contribution in [1.82, 2.24) is 0 Å². The Labute approximate surface area is 122 Å². The van der Waals surface area contributed by atoms with Crippen LogP contribution in [0.2, 0.25) is 0 Å². The van der Waals surface area contributed by atoms with Crippen molar-refractivity contribution < 1.29 is 5.11 Å². The van der Waals surface area contributed by atoms with Crippen molar-refractivity contribution in [3.05, 3.63) is 35.4 Å². The molecule has 3 unspecified atom stereocenters. The van der Waals surface area contributed by atoms with Gasteiger partial charge in [-0.25, -0.2) is 0 Å². The van der Waals surface area contributed by atoms with E-state index in [1.165, 1.54) is 12.0 Å². The number of nitrogens with zero attached hydrogens (tertiary/aromatic N) is 1. The van der Waals surface area contributed by atoms with Gasteiger partial charge in [-0.1, -0.05) is 57.4 Å². The van der Waals surface area contributed by atoms with Crippen molar-refractivity contribution in [2.75, 3.05) is 0 Å². The van der Waals surface area contributed by atoms with Crippen LogP contribution in [0.5, 0.6) is 0 Å². The van der Waals surface area contributed by atoms with Crippen LogP contribution in [0.1, 0.15) is 63.2 Å². The molecule has 2 nitrogen and oxygen atoms in total. The van der Waals surface area contributed by atoms with Gasteiger partial charge in [0.05, 0.1) is 17.6 Å². The molecule has 0 heterocycles. The van der Waals surface area contributed by atoms with Gasteiger partial charge >= 0.3 is 0 Å². The fourth-order valence-corrected chi connectivity index (χ4v) is 3.44. The average molecular weight is 271 g/mol. The molecule has 1 aliphatic rings. The Morgan fingerprint density at radius 1 is 1.35 bits per heavy atom. The van der Waals surface area contributed by atoms with E-state index < -0.39 is 11.5 Å². The van der Waals surface area contributed by atoms with Crippen LogP contribution >= 0.6 is 0 Å². The highest BCUT2D eigenvalue weighted by atomic mass is 16.3. The molecule has 0 aliphatic heterocycles. The van der Waals surface area contributed by atoms with Crippen molar-refractivity contribution >= 4 is 0 Å². The van der Waals surface area contributed by atoms with Crippen LogP contribution in [-0.2, 0) is 6.42 Å². The van der Waals surface area contributed by atoms with Gasteiger partial charge in [-0.05, 0) is 36.3 Å². The third kappa shape index (κ3) is 2.88. The second kappa shape index (κ2) is 6.41. The molecular formula is C18H25NO. The van der Waals surface area contributed by atoms with Gasteiger partial charge in [0.1, 0.15) is 0 Å². The van der Waals surface area contributed by atoms with Gasteiger partial charge in [-0.3, -0.25) is 0 Å². The third-order valence-electron chi connectivity index (χ3n) is 4.92. The topological polar surface area (TPSA) is 44.0 Å². The van der Waals surface area contributed by atoms with Crippen molar-refractivity contribution in [2.45, 2.75) is 58.5 Å². The minimum atomic E-state index is -0.659. The van der Waals surface area contributed by atoms with E-state index in [9.17, 15) is 10.4 Å². The molecule has 108 valence electrons. The molecule has 1 aliphatic carbocycles. The van der Waals surface area contributed by atoms with Gasteiger partial charge in [0.2, 0.25) is 0 Å². The molecule has 0 spiro atoms. The zero-order valence-electron chi connectivity index (χ0n) is 12.6. The molecule has 1 fully saturated rings. The highest BCUT2D eigenvalue weighted by Gasteiger charge is 2.42. The Morgan fingerprint density at radius 2 is 2.05 bits per heavy atom. The first-order valence-corrected chi connectivity index (χ1v) is 7.83. The Morgan fingerprint density at radius 3 is 2.60 bits per heavy atom. The second-order valence-corrected chi connectivity index (χ2v) is 6.14. The van der Waals surface area contributed by atoms with Gasteiger partial charge in [0.15, 0.2) is 0 Å². The monoisotopic (exact) mass is 271 g/mol. The van der Waals surface area contributed by atoms with Gasteiger partial charge in [0, 0.05) is 0 Å². The predicted molar refractivity (Wildman–Crippen MR) is 81.1 cm³/mol. The van der Waals surface area contributed by atoms with E-state index in [1.54, 1.807) is 0 Å². The largest absolute Gasteiger partial charge is 0.387 e.